The van der Waals surface area contributed by atoms with Crippen LogP contribution in [0.5, 0.6) is 0 Å². The van der Waals surface area contributed by atoms with E-state index in [-0.39, 0.29) is 5.91 Å². The van der Waals surface area contributed by atoms with E-state index in [9.17, 15) is 4.79 Å². The number of anilines is 1. The topological polar surface area (TPSA) is 29.1 Å². The van der Waals surface area contributed by atoms with Gasteiger partial charge in [0, 0.05) is 10.2 Å². The van der Waals surface area contributed by atoms with Crippen molar-refractivity contribution >= 4 is 27.5 Å². The molecule has 0 aromatic heterocycles. The molecule has 1 amide bonds. The molecule has 0 radical (unpaired) electrons. The molecule has 0 bridgehead atoms. The van der Waals surface area contributed by atoms with Gasteiger partial charge < -0.3 is 5.32 Å². The Labute approximate surface area is 115 Å². The van der Waals surface area contributed by atoms with Crippen molar-refractivity contribution in [1.82, 2.24) is 0 Å². The number of carbonyl (C=O) groups is 1. The number of carbonyl (C=O) groups excluding carboxylic acids is 1. The molecule has 18 heavy (non-hydrogen) atoms. The molecule has 0 saturated carbocycles. The van der Waals surface area contributed by atoms with Crippen LogP contribution in [0, 0.1) is 6.92 Å². The van der Waals surface area contributed by atoms with E-state index in [1.807, 2.05) is 55.5 Å². The van der Waals surface area contributed by atoms with Gasteiger partial charge in [0.25, 0.3) is 0 Å². The number of halogens is 1. The largest absolute Gasteiger partial charge is 0.326 e. The minimum absolute atomic E-state index is 0.00613. The molecule has 0 aliphatic heterocycles. The fourth-order valence-electron chi connectivity index (χ4n) is 1.74. The van der Waals surface area contributed by atoms with Crippen LogP contribution in [0.1, 0.15) is 11.1 Å². The molecule has 0 unspecified atom stereocenters. The summed E-state index contributed by atoms with van der Waals surface area (Å²) in [4.78, 5) is 11.9. The average molecular weight is 304 g/mol. The number of hydrogen-bond donors (Lipinski definition) is 1. The zero-order valence-corrected chi connectivity index (χ0v) is 11.7. The van der Waals surface area contributed by atoms with E-state index in [2.05, 4.69) is 21.2 Å². The van der Waals surface area contributed by atoms with Gasteiger partial charge in [-0.1, -0.05) is 46.3 Å². The Morgan fingerprint density at radius 2 is 1.89 bits per heavy atom. The maximum atomic E-state index is 11.9. The Kier molecular flexibility index (Phi) is 4.15. The van der Waals surface area contributed by atoms with Gasteiger partial charge in [0.05, 0.1) is 6.42 Å². The Morgan fingerprint density at radius 1 is 1.17 bits per heavy atom. The third kappa shape index (κ3) is 3.44. The zero-order valence-electron chi connectivity index (χ0n) is 10.1. The minimum atomic E-state index is 0.00613. The van der Waals surface area contributed by atoms with E-state index in [1.165, 1.54) is 0 Å². The zero-order chi connectivity index (χ0) is 13.0. The third-order valence-electron chi connectivity index (χ3n) is 2.67. The van der Waals surface area contributed by atoms with Crippen LogP contribution in [0.3, 0.4) is 0 Å². The highest BCUT2D eigenvalue weighted by atomic mass is 79.9. The third-order valence-corrected chi connectivity index (χ3v) is 3.16. The fourth-order valence-corrected chi connectivity index (χ4v) is 2.22. The maximum absolute atomic E-state index is 11.9. The number of aryl methyl sites for hydroxylation is 1. The van der Waals surface area contributed by atoms with Gasteiger partial charge in [-0.2, -0.15) is 0 Å². The van der Waals surface area contributed by atoms with Crippen molar-refractivity contribution in [2.75, 3.05) is 5.32 Å². The first-order chi connectivity index (χ1) is 8.65. The van der Waals surface area contributed by atoms with Gasteiger partial charge in [0.15, 0.2) is 0 Å². The number of rotatable bonds is 3. The number of amides is 1. The molecule has 0 aliphatic carbocycles. The van der Waals surface area contributed by atoms with Gasteiger partial charge in [0.2, 0.25) is 5.91 Å². The first-order valence-corrected chi connectivity index (χ1v) is 6.54. The SMILES string of the molecule is Cc1cc(Br)ccc1NC(=O)Cc1ccccc1. The smallest absolute Gasteiger partial charge is 0.228 e. The minimum Gasteiger partial charge on any atom is -0.326 e. The van der Waals surface area contributed by atoms with Gasteiger partial charge >= 0.3 is 0 Å². The molecule has 0 atom stereocenters. The summed E-state index contributed by atoms with van der Waals surface area (Å²) in [6.07, 6.45) is 0.399. The van der Waals surface area contributed by atoms with Gasteiger partial charge in [-0.25, -0.2) is 0 Å². The molecule has 0 heterocycles. The molecule has 2 nitrogen and oxygen atoms in total. The second-order valence-corrected chi connectivity index (χ2v) is 5.09. The van der Waals surface area contributed by atoms with Crippen LogP contribution in [0.15, 0.2) is 53.0 Å². The Balaban J connectivity index is 2.03. The fraction of sp³-hybridized carbons (Fsp3) is 0.133. The molecule has 0 spiro atoms. The second-order valence-electron chi connectivity index (χ2n) is 4.17. The quantitative estimate of drug-likeness (QED) is 0.914. The van der Waals surface area contributed by atoms with Crippen molar-refractivity contribution in [1.29, 1.82) is 0 Å². The Hall–Kier alpha value is -1.61. The van der Waals surface area contributed by atoms with Crippen molar-refractivity contribution in [2.45, 2.75) is 13.3 Å². The molecule has 2 aromatic rings. The summed E-state index contributed by atoms with van der Waals surface area (Å²) in [5.74, 6) is 0.00613. The monoisotopic (exact) mass is 303 g/mol. The first kappa shape index (κ1) is 12.8. The first-order valence-electron chi connectivity index (χ1n) is 5.75. The Bertz CT molecular complexity index is 552. The number of nitrogens with one attached hydrogen (secondary N) is 1. The molecule has 0 aliphatic rings. The van der Waals surface area contributed by atoms with Gasteiger partial charge in [-0.3, -0.25) is 4.79 Å². The predicted molar refractivity (Wildman–Crippen MR) is 77.7 cm³/mol. The van der Waals surface area contributed by atoms with E-state index < -0.39 is 0 Å². The highest BCUT2D eigenvalue weighted by Gasteiger charge is 2.05. The lowest BCUT2D eigenvalue weighted by atomic mass is 10.1. The van der Waals surface area contributed by atoms with Crippen molar-refractivity contribution in [3.8, 4) is 0 Å². The molecular formula is C15H14BrNO. The van der Waals surface area contributed by atoms with Crippen molar-refractivity contribution in [3.05, 3.63) is 64.1 Å². The molecule has 0 fully saturated rings. The van der Waals surface area contributed by atoms with Gasteiger partial charge in [0.1, 0.15) is 0 Å². The summed E-state index contributed by atoms with van der Waals surface area (Å²) < 4.78 is 1.01. The normalized spacial score (nSPS) is 10.1. The molecular weight excluding hydrogens is 290 g/mol. The summed E-state index contributed by atoms with van der Waals surface area (Å²) in [6, 6.07) is 15.5. The molecule has 1 N–H and O–H groups in total. The summed E-state index contributed by atoms with van der Waals surface area (Å²) in [6.45, 7) is 1.98. The average Bonchev–Trinajstić information content (AvgIpc) is 2.34. The molecule has 2 rings (SSSR count). The van der Waals surface area contributed by atoms with Crippen LogP contribution in [0.2, 0.25) is 0 Å². The molecule has 3 heteroatoms. The standard InChI is InChI=1S/C15H14BrNO/c1-11-9-13(16)7-8-14(11)17-15(18)10-12-5-3-2-4-6-12/h2-9H,10H2,1H3,(H,17,18). The summed E-state index contributed by atoms with van der Waals surface area (Å²) in [5, 5.41) is 2.93. The van der Waals surface area contributed by atoms with Crippen LogP contribution in [-0.4, -0.2) is 5.91 Å². The van der Waals surface area contributed by atoms with E-state index in [4.69, 9.17) is 0 Å². The maximum Gasteiger partial charge on any atom is 0.228 e. The van der Waals surface area contributed by atoms with E-state index >= 15 is 0 Å². The second kappa shape index (κ2) is 5.83. The van der Waals surface area contributed by atoms with E-state index in [0.29, 0.717) is 6.42 Å². The highest BCUT2D eigenvalue weighted by Crippen LogP contribution is 2.20. The molecule has 92 valence electrons. The van der Waals surface area contributed by atoms with Crippen LogP contribution in [0.4, 0.5) is 5.69 Å². The lowest BCUT2D eigenvalue weighted by Gasteiger charge is -2.08. The van der Waals surface area contributed by atoms with Crippen molar-refractivity contribution < 1.29 is 4.79 Å². The van der Waals surface area contributed by atoms with Crippen LogP contribution in [-0.2, 0) is 11.2 Å². The van der Waals surface area contributed by atoms with Gasteiger partial charge in [-0.15, -0.1) is 0 Å². The van der Waals surface area contributed by atoms with Crippen molar-refractivity contribution in [2.24, 2.45) is 0 Å². The number of benzene rings is 2. The van der Waals surface area contributed by atoms with Crippen LogP contribution in [0.25, 0.3) is 0 Å². The Morgan fingerprint density at radius 3 is 2.56 bits per heavy atom. The van der Waals surface area contributed by atoms with Crippen molar-refractivity contribution in [3.63, 3.8) is 0 Å². The van der Waals surface area contributed by atoms with Crippen LogP contribution < -0.4 is 5.32 Å². The van der Waals surface area contributed by atoms with E-state index in [0.717, 1.165) is 21.3 Å². The van der Waals surface area contributed by atoms with E-state index in [1.54, 1.807) is 0 Å². The lowest BCUT2D eigenvalue weighted by molar-refractivity contribution is -0.115. The molecule has 0 saturated heterocycles. The molecule has 2 aromatic carbocycles. The highest BCUT2D eigenvalue weighted by molar-refractivity contribution is 9.10. The lowest BCUT2D eigenvalue weighted by Crippen LogP contribution is -2.15. The summed E-state index contributed by atoms with van der Waals surface area (Å²) in [7, 11) is 0. The summed E-state index contributed by atoms with van der Waals surface area (Å²) >= 11 is 3.40. The van der Waals surface area contributed by atoms with Gasteiger partial charge in [-0.05, 0) is 36.2 Å². The number of hydrogen-bond acceptors (Lipinski definition) is 1. The van der Waals surface area contributed by atoms with Crippen LogP contribution >= 0.6 is 15.9 Å². The summed E-state index contributed by atoms with van der Waals surface area (Å²) in [5.41, 5.74) is 2.93. The predicted octanol–water partition coefficient (Wildman–Crippen LogP) is 3.94.